The SMILES string of the molecule is CC(C)(C)c1ccc(C(=O)c2ccc(Sc3ccc([Se][SeH])cc3)cc2)cc1. The van der Waals surface area contributed by atoms with Crippen molar-refractivity contribution in [3.05, 3.63) is 89.5 Å². The van der Waals surface area contributed by atoms with E-state index in [1.807, 2.05) is 36.4 Å². The van der Waals surface area contributed by atoms with E-state index in [1.165, 1.54) is 14.9 Å². The van der Waals surface area contributed by atoms with Crippen LogP contribution in [0.5, 0.6) is 0 Å². The summed E-state index contributed by atoms with van der Waals surface area (Å²) < 4.78 is 1.38. The molecule has 0 fully saturated rings. The third kappa shape index (κ3) is 5.38. The van der Waals surface area contributed by atoms with Gasteiger partial charge in [-0.3, -0.25) is 0 Å². The molecule has 4 heteroatoms. The molecule has 3 rings (SSSR count). The molecule has 0 aromatic heterocycles. The number of ketones is 1. The van der Waals surface area contributed by atoms with Crippen molar-refractivity contribution in [2.45, 2.75) is 36.0 Å². The number of hydrogen-bond donors (Lipinski definition) is 0. The molecular formula is C23H22OSSe2. The van der Waals surface area contributed by atoms with Crippen LogP contribution in [0.3, 0.4) is 0 Å². The van der Waals surface area contributed by atoms with Gasteiger partial charge in [-0.15, -0.1) is 0 Å². The minimum atomic E-state index is 0.0691. The first-order valence-electron chi connectivity index (χ1n) is 8.71. The molecule has 0 spiro atoms. The Bertz CT molecular complexity index is 909. The molecule has 0 atom stereocenters. The first-order valence-corrected chi connectivity index (χ1v) is 15.1. The molecule has 0 N–H and O–H groups in total. The molecule has 138 valence electrons. The smallest absolute Gasteiger partial charge is 0.0578 e. The van der Waals surface area contributed by atoms with Gasteiger partial charge < -0.3 is 0 Å². The fourth-order valence-corrected chi connectivity index (χ4v) is 5.35. The van der Waals surface area contributed by atoms with E-state index in [0.717, 1.165) is 16.0 Å². The van der Waals surface area contributed by atoms with Crippen LogP contribution in [0.4, 0.5) is 0 Å². The van der Waals surface area contributed by atoms with Crippen LogP contribution >= 0.6 is 11.8 Å². The van der Waals surface area contributed by atoms with E-state index in [0.29, 0.717) is 13.1 Å². The summed E-state index contributed by atoms with van der Waals surface area (Å²) in [5.74, 6) is 0.0691. The van der Waals surface area contributed by atoms with Crippen molar-refractivity contribution in [3.8, 4) is 0 Å². The monoisotopic (exact) mass is 506 g/mol. The Balaban J connectivity index is 1.71. The minimum absolute atomic E-state index is 0.0691. The van der Waals surface area contributed by atoms with E-state index in [-0.39, 0.29) is 11.2 Å². The van der Waals surface area contributed by atoms with Crippen molar-refractivity contribution in [1.29, 1.82) is 0 Å². The first kappa shape index (κ1) is 20.5. The van der Waals surface area contributed by atoms with Gasteiger partial charge in [0.2, 0.25) is 0 Å². The molecular weight excluding hydrogens is 482 g/mol. The quantitative estimate of drug-likeness (QED) is 0.376. The topological polar surface area (TPSA) is 17.1 Å². The Hall–Kier alpha value is -1.28. The fourth-order valence-electron chi connectivity index (χ4n) is 2.67. The summed E-state index contributed by atoms with van der Waals surface area (Å²) in [5, 5.41) is 0. The molecule has 0 radical (unpaired) electrons. The number of hydrogen-bond acceptors (Lipinski definition) is 2. The summed E-state index contributed by atoms with van der Waals surface area (Å²) in [6.45, 7) is 6.53. The molecule has 3 aromatic rings. The van der Waals surface area contributed by atoms with Crippen LogP contribution < -0.4 is 4.46 Å². The summed E-state index contributed by atoms with van der Waals surface area (Å²) >= 11 is 4.85. The molecule has 3 aromatic carbocycles. The van der Waals surface area contributed by atoms with E-state index in [2.05, 4.69) is 71.4 Å². The zero-order chi connectivity index (χ0) is 19.4. The second-order valence-corrected chi connectivity index (χ2v) is 11.9. The molecule has 0 amide bonds. The number of carbonyl (C=O) groups excluding carboxylic acids is 1. The maximum atomic E-state index is 12.7. The van der Waals surface area contributed by atoms with Crippen LogP contribution in [-0.4, -0.2) is 33.1 Å². The second kappa shape index (κ2) is 8.82. The van der Waals surface area contributed by atoms with Crippen molar-refractivity contribution in [1.82, 2.24) is 0 Å². The van der Waals surface area contributed by atoms with Crippen LogP contribution in [0, 0.1) is 0 Å². The Kier molecular flexibility index (Phi) is 6.68. The summed E-state index contributed by atoms with van der Waals surface area (Å²) in [6, 6.07) is 24.5. The Morgan fingerprint density at radius 2 is 1.22 bits per heavy atom. The zero-order valence-electron chi connectivity index (χ0n) is 15.6. The molecule has 1 nitrogen and oxygen atoms in total. The van der Waals surface area contributed by atoms with Crippen molar-refractivity contribution < 1.29 is 4.79 Å². The number of benzene rings is 3. The summed E-state index contributed by atoms with van der Waals surface area (Å²) in [5.41, 5.74) is 2.79. The van der Waals surface area contributed by atoms with Gasteiger partial charge in [-0.25, -0.2) is 0 Å². The molecule has 0 unspecified atom stereocenters. The average Bonchev–Trinajstić information content (AvgIpc) is 2.68. The molecule has 0 heterocycles. The summed E-state index contributed by atoms with van der Waals surface area (Å²) in [6.07, 6.45) is 0. The van der Waals surface area contributed by atoms with Gasteiger partial charge in [0.15, 0.2) is 0 Å². The third-order valence-electron chi connectivity index (χ3n) is 4.29. The van der Waals surface area contributed by atoms with Gasteiger partial charge in [-0.1, -0.05) is 32.9 Å². The van der Waals surface area contributed by atoms with E-state index in [4.69, 9.17) is 0 Å². The van der Waals surface area contributed by atoms with Gasteiger partial charge in [-0.05, 0) is 11.0 Å². The van der Waals surface area contributed by atoms with Crippen LogP contribution in [-0.2, 0) is 5.41 Å². The predicted molar refractivity (Wildman–Crippen MR) is 118 cm³/mol. The summed E-state index contributed by atoms with van der Waals surface area (Å²) in [4.78, 5) is 15.1. The first-order chi connectivity index (χ1) is 12.9. The van der Waals surface area contributed by atoms with Gasteiger partial charge in [0.05, 0.1) is 0 Å². The van der Waals surface area contributed by atoms with Gasteiger partial charge in [-0.2, -0.15) is 0 Å². The molecule has 27 heavy (non-hydrogen) atoms. The fraction of sp³-hybridized carbons (Fsp3) is 0.174. The molecule has 0 aliphatic carbocycles. The third-order valence-corrected chi connectivity index (χ3v) is 8.62. The van der Waals surface area contributed by atoms with Crippen LogP contribution in [0.1, 0.15) is 42.3 Å². The normalized spacial score (nSPS) is 11.4. The second-order valence-electron chi connectivity index (χ2n) is 7.35. The average molecular weight is 504 g/mol. The predicted octanol–water partition coefficient (Wildman–Crippen LogP) is 4.51. The van der Waals surface area contributed by atoms with Crippen molar-refractivity contribution in [3.63, 3.8) is 0 Å². The summed E-state index contributed by atoms with van der Waals surface area (Å²) in [7, 11) is 0. The zero-order valence-corrected chi connectivity index (χ0v) is 20.0. The van der Waals surface area contributed by atoms with Crippen LogP contribution in [0.25, 0.3) is 0 Å². The Morgan fingerprint density at radius 3 is 1.67 bits per heavy atom. The standard InChI is InChI=1S/C23H22OSSe2/c1-23(2,3)18-8-4-16(5-9-18)22(24)17-6-10-19(11-7-17)25-20-12-14-21(27-26)15-13-20/h4-15,26H,1-3H3. The Morgan fingerprint density at radius 1 is 0.778 bits per heavy atom. The van der Waals surface area contributed by atoms with Gasteiger partial charge in [0.1, 0.15) is 0 Å². The molecule has 0 bridgehead atoms. The van der Waals surface area contributed by atoms with Crippen molar-refractivity contribution in [2.24, 2.45) is 0 Å². The van der Waals surface area contributed by atoms with E-state index in [9.17, 15) is 4.79 Å². The molecule has 0 saturated carbocycles. The number of carbonyl (C=O) groups is 1. The van der Waals surface area contributed by atoms with Gasteiger partial charge in [0, 0.05) is 0 Å². The minimum Gasteiger partial charge on any atom is -0.0578 e. The van der Waals surface area contributed by atoms with E-state index >= 15 is 0 Å². The van der Waals surface area contributed by atoms with E-state index in [1.54, 1.807) is 11.8 Å². The van der Waals surface area contributed by atoms with Gasteiger partial charge in [0.25, 0.3) is 0 Å². The Labute approximate surface area is 178 Å². The molecule has 0 aliphatic rings. The van der Waals surface area contributed by atoms with Gasteiger partial charge >= 0.3 is 136 Å². The van der Waals surface area contributed by atoms with E-state index < -0.39 is 0 Å². The maximum absolute atomic E-state index is 12.7. The van der Waals surface area contributed by atoms with Crippen LogP contribution in [0.2, 0.25) is 0 Å². The van der Waals surface area contributed by atoms with Crippen molar-refractivity contribution in [2.75, 3.05) is 0 Å². The molecule has 0 aliphatic heterocycles. The molecule has 0 saturated heterocycles. The number of rotatable bonds is 5. The van der Waals surface area contributed by atoms with Crippen molar-refractivity contribution >= 4 is 49.3 Å². The van der Waals surface area contributed by atoms with Crippen LogP contribution in [0.15, 0.2) is 82.6 Å².